The number of amides is 2. The largest absolute Gasteiger partial charge is 0.434 e. The topological polar surface area (TPSA) is 129 Å². The van der Waals surface area contributed by atoms with Gasteiger partial charge in [0.2, 0.25) is 0 Å². The molecule has 1 aliphatic rings. The smallest absolute Gasteiger partial charge is 0.388 e. The molecule has 2 amide bonds. The molecule has 0 aliphatic carbocycles. The highest BCUT2D eigenvalue weighted by molar-refractivity contribution is 5.90. The van der Waals surface area contributed by atoms with Gasteiger partial charge in [-0.2, -0.15) is 0 Å². The molecule has 0 aromatic carbocycles. The summed E-state index contributed by atoms with van der Waals surface area (Å²) in [6.45, 7) is 8.69. The van der Waals surface area contributed by atoms with E-state index >= 15 is 0 Å². The summed E-state index contributed by atoms with van der Waals surface area (Å²) >= 11 is 0. The normalized spacial score (nSPS) is 15.4. The third-order valence-electron chi connectivity index (χ3n) is 5.44. The number of rotatable bonds is 5. The second-order valence-corrected chi connectivity index (χ2v) is 8.64. The molecule has 0 radical (unpaired) electrons. The molecule has 0 spiro atoms. The van der Waals surface area contributed by atoms with Crippen LogP contribution >= 0.6 is 0 Å². The maximum Gasteiger partial charge on any atom is 0.434 e. The molecule has 4 heterocycles. The van der Waals surface area contributed by atoms with Crippen LogP contribution in [0.25, 0.3) is 22.6 Å². The Kier molecular flexibility index (Phi) is 5.93. The molecule has 4 rings (SSSR count). The van der Waals surface area contributed by atoms with Crippen molar-refractivity contribution < 1.29 is 9.21 Å². The van der Waals surface area contributed by atoms with Gasteiger partial charge in [0.15, 0.2) is 0 Å². The van der Waals surface area contributed by atoms with Gasteiger partial charge in [-0.05, 0) is 31.2 Å². The first-order valence-electron chi connectivity index (χ1n) is 10.7. The molecule has 3 aromatic rings. The first-order valence-corrected chi connectivity index (χ1v) is 10.7. The van der Waals surface area contributed by atoms with Crippen molar-refractivity contribution in [2.75, 3.05) is 29.9 Å². The lowest BCUT2D eigenvalue weighted by Crippen LogP contribution is -2.40. The summed E-state index contributed by atoms with van der Waals surface area (Å²) in [5.74, 6) is 0.0251. The summed E-state index contributed by atoms with van der Waals surface area (Å²) in [6, 6.07) is 3.46. The molecule has 0 atom stereocenters. The van der Waals surface area contributed by atoms with Crippen molar-refractivity contribution >= 4 is 17.5 Å². The van der Waals surface area contributed by atoms with Crippen molar-refractivity contribution in [2.45, 2.75) is 33.6 Å². The minimum atomic E-state index is -0.621. The fourth-order valence-corrected chi connectivity index (χ4v) is 4.00. The molecule has 3 N–H and O–H groups in total. The van der Waals surface area contributed by atoms with E-state index in [0.717, 1.165) is 42.7 Å². The number of hydrogen-bond acceptors (Lipinski definition) is 7. The van der Waals surface area contributed by atoms with Gasteiger partial charge in [-0.1, -0.05) is 13.8 Å². The fraction of sp³-hybridized carbons (Fsp3) is 0.409. The van der Waals surface area contributed by atoms with Gasteiger partial charge in [-0.3, -0.25) is 10.3 Å². The van der Waals surface area contributed by atoms with Crippen LogP contribution in [0, 0.1) is 5.41 Å². The molecule has 168 valence electrons. The van der Waals surface area contributed by atoms with Crippen LogP contribution in [0.2, 0.25) is 0 Å². The maximum atomic E-state index is 12.0. The van der Waals surface area contributed by atoms with Crippen LogP contribution in [0.5, 0.6) is 0 Å². The van der Waals surface area contributed by atoms with Crippen LogP contribution in [0.4, 0.5) is 16.3 Å². The number of pyridine rings is 2. The average Bonchev–Trinajstić information content (AvgIpc) is 3.20. The zero-order chi connectivity index (χ0) is 22.7. The van der Waals surface area contributed by atoms with E-state index in [1.807, 2.05) is 19.1 Å². The number of aromatic amines is 1. The summed E-state index contributed by atoms with van der Waals surface area (Å²) in [6.07, 6.45) is 7.29. The minimum absolute atomic E-state index is 0.171. The summed E-state index contributed by atoms with van der Waals surface area (Å²) in [5, 5.41) is 11.7. The number of carbonyl (C=O) groups is 1. The highest BCUT2D eigenvalue weighted by Crippen LogP contribution is 2.38. The van der Waals surface area contributed by atoms with Crippen LogP contribution in [-0.4, -0.2) is 45.8 Å². The summed E-state index contributed by atoms with van der Waals surface area (Å²) in [4.78, 5) is 34.5. The summed E-state index contributed by atoms with van der Waals surface area (Å²) < 4.78 is 5.08. The van der Waals surface area contributed by atoms with Crippen molar-refractivity contribution in [1.82, 2.24) is 25.5 Å². The van der Waals surface area contributed by atoms with E-state index in [9.17, 15) is 9.59 Å². The van der Waals surface area contributed by atoms with E-state index in [0.29, 0.717) is 17.9 Å². The Morgan fingerprint density at radius 3 is 2.78 bits per heavy atom. The van der Waals surface area contributed by atoms with Crippen LogP contribution < -0.4 is 21.3 Å². The monoisotopic (exact) mass is 437 g/mol. The Hall–Kier alpha value is -3.69. The molecule has 10 heteroatoms. The average molecular weight is 438 g/mol. The number of carbonyl (C=O) groups excluding carboxylic acids is 1. The molecule has 1 fully saturated rings. The molecular formula is C22H27N7O3. The Morgan fingerprint density at radius 2 is 2.06 bits per heavy atom. The summed E-state index contributed by atoms with van der Waals surface area (Å²) in [7, 11) is 0. The molecule has 10 nitrogen and oxygen atoms in total. The Labute approximate surface area is 185 Å². The lowest BCUT2D eigenvalue weighted by Gasteiger charge is -2.40. The van der Waals surface area contributed by atoms with Crippen molar-refractivity contribution in [3.63, 3.8) is 0 Å². The van der Waals surface area contributed by atoms with Gasteiger partial charge in [-0.25, -0.2) is 19.7 Å². The van der Waals surface area contributed by atoms with E-state index in [1.165, 1.54) is 0 Å². The van der Waals surface area contributed by atoms with Gasteiger partial charge in [0.1, 0.15) is 5.82 Å². The van der Waals surface area contributed by atoms with Gasteiger partial charge < -0.3 is 14.6 Å². The van der Waals surface area contributed by atoms with Crippen LogP contribution in [0.1, 0.15) is 33.6 Å². The first kappa shape index (κ1) is 21.5. The number of nitrogens with zero attached hydrogens (tertiary/aromatic N) is 4. The molecule has 32 heavy (non-hydrogen) atoms. The number of H-pyrrole nitrogens is 1. The third kappa shape index (κ3) is 4.79. The van der Waals surface area contributed by atoms with E-state index in [4.69, 9.17) is 4.42 Å². The lowest BCUT2D eigenvalue weighted by atomic mass is 9.83. The highest BCUT2D eigenvalue weighted by atomic mass is 16.4. The van der Waals surface area contributed by atoms with Gasteiger partial charge in [0.05, 0.1) is 5.56 Å². The molecule has 0 unspecified atom stereocenters. The molecular weight excluding hydrogens is 410 g/mol. The Morgan fingerprint density at radius 1 is 1.25 bits per heavy atom. The van der Waals surface area contributed by atoms with Crippen LogP contribution in [-0.2, 0) is 0 Å². The number of nitrogens with one attached hydrogen (secondary N) is 3. The Bertz CT molecular complexity index is 1170. The molecule has 0 saturated carbocycles. The fourth-order valence-electron chi connectivity index (χ4n) is 4.00. The minimum Gasteiger partial charge on any atom is -0.388 e. The predicted octanol–water partition coefficient (Wildman–Crippen LogP) is 3.25. The van der Waals surface area contributed by atoms with Crippen molar-refractivity contribution in [1.29, 1.82) is 0 Å². The van der Waals surface area contributed by atoms with E-state index in [1.54, 1.807) is 18.6 Å². The van der Waals surface area contributed by atoms with E-state index < -0.39 is 5.76 Å². The van der Waals surface area contributed by atoms with Crippen molar-refractivity contribution in [3.8, 4) is 22.6 Å². The van der Waals surface area contributed by atoms with Gasteiger partial charge in [-0.15, -0.1) is 5.10 Å². The zero-order valence-corrected chi connectivity index (χ0v) is 18.4. The van der Waals surface area contributed by atoms with Gasteiger partial charge in [0.25, 0.3) is 5.89 Å². The Balaban J connectivity index is 1.75. The molecule has 0 bridgehead atoms. The van der Waals surface area contributed by atoms with Crippen molar-refractivity contribution in [3.05, 3.63) is 41.3 Å². The van der Waals surface area contributed by atoms with Gasteiger partial charge >= 0.3 is 11.8 Å². The maximum absolute atomic E-state index is 12.0. The van der Waals surface area contributed by atoms with E-state index in [-0.39, 0.29) is 17.3 Å². The number of hydrogen-bond donors (Lipinski definition) is 3. The number of piperidine rings is 1. The standard InChI is InChI=1S/C22H27N7O3/c1-4-24-20(30)26-18-9-17(29-7-5-6-22(2,3)13-29)16(12-25-18)14-8-15(11-23-10-14)19-27-28-21(31)32-19/h8-12H,4-7,13H2,1-3H3,(H,28,31)(H2,24,25,26,30). The van der Waals surface area contributed by atoms with Crippen LogP contribution in [0.3, 0.4) is 0 Å². The van der Waals surface area contributed by atoms with Crippen LogP contribution in [0.15, 0.2) is 39.9 Å². The molecule has 1 aliphatic heterocycles. The van der Waals surface area contributed by atoms with Crippen molar-refractivity contribution in [2.24, 2.45) is 5.41 Å². The second-order valence-electron chi connectivity index (χ2n) is 8.64. The first-order chi connectivity index (χ1) is 15.3. The third-order valence-corrected chi connectivity index (χ3v) is 5.44. The quantitative estimate of drug-likeness (QED) is 0.559. The predicted molar refractivity (Wildman–Crippen MR) is 122 cm³/mol. The number of aromatic nitrogens is 4. The second kappa shape index (κ2) is 8.81. The SMILES string of the molecule is CCNC(=O)Nc1cc(N2CCCC(C)(C)C2)c(-c2cncc(-c3n[nH]c(=O)o3)c2)cn1. The summed E-state index contributed by atoms with van der Waals surface area (Å²) in [5.41, 5.74) is 3.39. The van der Waals surface area contributed by atoms with Gasteiger partial charge in [0, 0.05) is 61.1 Å². The zero-order valence-electron chi connectivity index (χ0n) is 18.4. The number of anilines is 2. The molecule has 1 saturated heterocycles. The number of urea groups is 1. The highest BCUT2D eigenvalue weighted by Gasteiger charge is 2.28. The molecule has 3 aromatic heterocycles. The van der Waals surface area contributed by atoms with E-state index in [2.05, 4.69) is 49.5 Å². The lowest BCUT2D eigenvalue weighted by molar-refractivity contribution is 0.252.